The first-order valence-electron chi connectivity index (χ1n) is 7.33. The Kier molecular flexibility index (Phi) is 4.06. The fourth-order valence-corrected chi connectivity index (χ4v) is 2.70. The average molecular weight is 291 g/mol. The zero-order valence-electron chi connectivity index (χ0n) is 12.2. The molecule has 0 spiro atoms. The normalized spacial score (nSPS) is 17.3. The van der Waals surface area contributed by atoms with Gasteiger partial charge in [0.15, 0.2) is 0 Å². The summed E-state index contributed by atoms with van der Waals surface area (Å²) in [5.74, 6) is 0.176. The Bertz CT molecular complexity index is 689. The van der Waals surface area contributed by atoms with Crippen LogP contribution in [0.1, 0.15) is 17.5 Å². The molecule has 1 unspecified atom stereocenters. The van der Waals surface area contributed by atoms with Crippen LogP contribution < -0.4 is 5.32 Å². The van der Waals surface area contributed by atoms with Crippen molar-refractivity contribution < 1.29 is 4.79 Å². The third-order valence-electron chi connectivity index (χ3n) is 3.82. The number of amides is 1. The van der Waals surface area contributed by atoms with E-state index in [0.29, 0.717) is 25.1 Å². The minimum Gasteiger partial charge on any atom is -0.380 e. The number of anilines is 1. The number of rotatable bonds is 4. The zero-order valence-corrected chi connectivity index (χ0v) is 12.2. The lowest BCUT2D eigenvalue weighted by atomic mass is 10.2. The van der Waals surface area contributed by atoms with Gasteiger partial charge in [0.2, 0.25) is 5.91 Å². The van der Waals surface area contributed by atoms with Gasteiger partial charge in [-0.1, -0.05) is 30.3 Å². The predicted octanol–water partition coefficient (Wildman–Crippen LogP) is 2.77. The van der Waals surface area contributed by atoms with Crippen molar-refractivity contribution >= 4 is 11.6 Å². The molecule has 4 heteroatoms. The Labute approximate surface area is 130 Å². The molecule has 2 aromatic rings. The maximum absolute atomic E-state index is 12.1. The fraction of sp³-hybridized carbons (Fsp3) is 0.222. The monoisotopic (exact) mass is 291 g/mol. The highest BCUT2D eigenvalue weighted by molar-refractivity contribution is 5.80. The predicted molar refractivity (Wildman–Crippen MR) is 85.0 cm³/mol. The van der Waals surface area contributed by atoms with Crippen molar-refractivity contribution in [1.29, 1.82) is 5.26 Å². The third-order valence-corrected chi connectivity index (χ3v) is 3.82. The van der Waals surface area contributed by atoms with Crippen molar-refractivity contribution in [3.05, 3.63) is 65.7 Å². The van der Waals surface area contributed by atoms with E-state index in [9.17, 15) is 4.79 Å². The maximum Gasteiger partial charge on any atom is 0.225 e. The Morgan fingerprint density at radius 3 is 2.55 bits per heavy atom. The van der Waals surface area contributed by atoms with Crippen molar-refractivity contribution in [2.45, 2.75) is 19.0 Å². The van der Waals surface area contributed by atoms with E-state index in [-0.39, 0.29) is 11.9 Å². The Morgan fingerprint density at radius 1 is 1.14 bits per heavy atom. The van der Waals surface area contributed by atoms with Crippen LogP contribution in [0.25, 0.3) is 0 Å². The lowest BCUT2D eigenvalue weighted by Gasteiger charge is -2.17. The van der Waals surface area contributed by atoms with E-state index in [2.05, 4.69) is 11.4 Å². The average Bonchev–Trinajstić information content (AvgIpc) is 2.88. The van der Waals surface area contributed by atoms with Gasteiger partial charge in [0, 0.05) is 25.2 Å². The second-order valence-electron chi connectivity index (χ2n) is 5.49. The van der Waals surface area contributed by atoms with Gasteiger partial charge in [-0.05, 0) is 29.8 Å². The lowest BCUT2D eigenvalue weighted by Crippen LogP contribution is -2.27. The molecule has 1 fully saturated rings. The molecule has 1 heterocycles. The summed E-state index contributed by atoms with van der Waals surface area (Å²) in [5.41, 5.74) is 2.73. The first-order chi connectivity index (χ1) is 10.7. The number of nitrogens with one attached hydrogen (secondary N) is 1. The van der Waals surface area contributed by atoms with E-state index >= 15 is 0 Å². The minimum absolute atomic E-state index is 0.115. The third kappa shape index (κ3) is 3.26. The van der Waals surface area contributed by atoms with E-state index < -0.39 is 0 Å². The van der Waals surface area contributed by atoms with E-state index in [1.54, 1.807) is 12.1 Å². The van der Waals surface area contributed by atoms with Gasteiger partial charge in [0.25, 0.3) is 0 Å². The van der Waals surface area contributed by atoms with Crippen molar-refractivity contribution in [2.24, 2.45) is 0 Å². The van der Waals surface area contributed by atoms with Crippen molar-refractivity contribution in [1.82, 2.24) is 4.90 Å². The molecular formula is C18H17N3O. The number of carbonyl (C=O) groups is 1. The molecular weight excluding hydrogens is 274 g/mol. The quantitative estimate of drug-likeness (QED) is 0.942. The van der Waals surface area contributed by atoms with Crippen LogP contribution in [0.4, 0.5) is 5.69 Å². The summed E-state index contributed by atoms with van der Waals surface area (Å²) in [4.78, 5) is 14.0. The number of likely N-dealkylation sites (tertiary alicyclic amines) is 1. The number of benzene rings is 2. The number of hydrogen-bond acceptors (Lipinski definition) is 3. The zero-order chi connectivity index (χ0) is 15.4. The van der Waals surface area contributed by atoms with Crippen molar-refractivity contribution in [3.8, 4) is 6.07 Å². The largest absolute Gasteiger partial charge is 0.380 e. The molecule has 1 saturated heterocycles. The van der Waals surface area contributed by atoms with Crippen LogP contribution in [0.15, 0.2) is 54.6 Å². The SMILES string of the molecule is N#Cc1ccc(NC2CC(=O)N(Cc3ccccc3)C2)cc1. The molecule has 1 atom stereocenters. The van der Waals surface area contributed by atoms with Crippen LogP contribution in [0.5, 0.6) is 0 Å². The molecule has 0 bridgehead atoms. The van der Waals surface area contributed by atoms with E-state index in [4.69, 9.17) is 5.26 Å². The smallest absolute Gasteiger partial charge is 0.225 e. The van der Waals surface area contributed by atoms with Gasteiger partial charge in [-0.15, -0.1) is 0 Å². The van der Waals surface area contributed by atoms with Gasteiger partial charge in [0.1, 0.15) is 0 Å². The number of nitrogens with zero attached hydrogens (tertiary/aromatic N) is 2. The fourth-order valence-electron chi connectivity index (χ4n) is 2.70. The highest BCUT2D eigenvalue weighted by atomic mass is 16.2. The molecule has 1 aliphatic heterocycles. The molecule has 1 amide bonds. The van der Waals surface area contributed by atoms with E-state index in [0.717, 1.165) is 11.3 Å². The summed E-state index contributed by atoms with van der Waals surface area (Å²) in [6.07, 6.45) is 0.507. The lowest BCUT2D eigenvalue weighted by molar-refractivity contribution is -0.128. The van der Waals surface area contributed by atoms with Crippen LogP contribution in [-0.4, -0.2) is 23.4 Å². The van der Waals surface area contributed by atoms with Crippen molar-refractivity contribution in [3.63, 3.8) is 0 Å². The molecule has 0 saturated carbocycles. The van der Waals surface area contributed by atoms with E-state index in [1.807, 2.05) is 47.4 Å². The summed E-state index contributed by atoms with van der Waals surface area (Å²) >= 11 is 0. The van der Waals surface area contributed by atoms with Gasteiger partial charge < -0.3 is 10.2 Å². The first-order valence-corrected chi connectivity index (χ1v) is 7.33. The van der Waals surface area contributed by atoms with Gasteiger partial charge in [-0.2, -0.15) is 5.26 Å². The molecule has 110 valence electrons. The second kappa shape index (κ2) is 6.31. The summed E-state index contributed by atoms with van der Waals surface area (Å²) in [6, 6.07) is 19.6. The summed E-state index contributed by atoms with van der Waals surface area (Å²) in [6.45, 7) is 1.36. The maximum atomic E-state index is 12.1. The number of carbonyl (C=O) groups excluding carboxylic acids is 1. The molecule has 1 aliphatic rings. The van der Waals surface area contributed by atoms with Gasteiger partial charge in [-0.3, -0.25) is 4.79 Å². The Hall–Kier alpha value is -2.80. The molecule has 4 nitrogen and oxygen atoms in total. The summed E-state index contributed by atoms with van der Waals surface area (Å²) < 4.78 is 0. The van der Waals surface area contributed by atoms with Crippen LogP contribution >= 0.6 is 0 Å². The topological polar surface area (TPSA) is 56.1 Å². The van der Waals surface area contributed by atoms with Crippen molar-refractivity contribution in [2.75, 3.05) is 11.9 Å². The van der Waals surface area contributed by atoms with Gasteiger partial charge >= 0.3 is 0 Å². The highest BCUT2D eigenvalue weighted by Crippen LogP contribution is 2.19. The van der Waals surface area contributed by atoms with Crippen LogP contribution in [0.2, 0.25) is 0 Å². The number of hydrogen-bond donors (Lipinski definition) is 1. The molecule has 22 heavy (non-hydrogen) atoms. The molecule has 3 rings (SSSR count). The van der Waals surface area contributed by atoms with Gasteiger partial charge in [-0.25, -0.2) is 0 Å². The standard InChI is InChI=1S/C18H17N3O/c19-11-14-6-8-16(9-7-14)20-17-10-18(22)21(13-17)12-15-4-2-1-3-5-15/h1-9,17,20H,10,12-13H2. The summed E-state index contributed by atoms with van der Waals surface area (Å²) in [5, 5.41) is 12.2. The van der Waals surface area contributed by atoms with Gasteiger partial charge in [0.05, 0.1) is 17.7 Å². The number of nitriles is 1. The van der Waals surface area contributed by atoms with Crippen LogP contribution in [-0.2, 0) is 11.3 Å². The molecule has 1 N–H and O–H groups in total. The Morgan fingerprint density at radius 2 is 1.86 bits per heavy atom. The molecule has 0 aromatic heterocycles. The Balaban J connectivity index is 1.60. The van der Waals surface area contributed by atoms with Crippen LogP contribution in [0, 0.1) is 11.3 Å². The molecule has 0 radical (unpaired) electrons. The summed E-state index contributed by atoms with van der Waals surface area (Å²) in [7, 11) is 0. The second-order valence-corrected chi connectivity index (χ2v) is 5.49. The first kappa shape index (κ1) is 14.2. The molecule has 0 aliphatic carbocycles. The minimum atomic E-state index is 0.115. The molecule has 2 aromatic carbocycles. The van der Waals surface area contributed by atoms with E-state index in [1.165, 1.54) is 0 Å². The van der Waals surface area contributed by atoms with Crippen LogP contribution in [0.3, 0.4) is 0 Å². The highest BCUT2D eigenvalue weighted by Gasteiger charge is 2.29.